The Kier molecular flexibility index (Phi) is 5.58. The van der Waals surface area contributed by atoms with Crippen LogP contribution >= 0.6 is 0 Å². The molecule has 1 aliphatic carbocycles. The molecule has 7 heteroatoms. The molecule has 2 atom stereocenters. The lowest BCUT2D eigenvalue weighted by Crippen LogP contribution is -2.58. The van der Waals surface area contributed by atoms with Gasteiger partial charge in [-0.1, -0.05) is 31.2 Å². The third-order valence-corrected chi connectivity index (χ3v) is 5.62. The smallest absolute Gasteiger partial charge is 0.354 e. The summed E-state index contributed by atoms with van der Waals surface area (Å²) in [6, 6.07) is 6.33. The number of aryl methyl sites for hydroxylation is 1. The van der Waals surface area contributed by atoms with Crippen LogP contribution in [0.5, 0.6) is 0 Å². The molecule has 144 valence electrons. The average Bonchev–Trinajstić information content (AvgIpc) is 2.61. The van der Waals surface area contributed by atoms with Gasteiger partial charge in [0, 0.05) is 32.7 Å². The standard InChI is InChI=1S/C19H26F3N3O/c1-18(7-6-14-4-2-3-5-15(14)12-18)17(26)24-13-16(19(20,21)22)25-10-8-23-9-11-25/h2-5,16,23H,6-13H2,1H3,(H,24,26). The number of nitrogens with one attached hydrogen (secondary N) is 2. The molecule has 1 fully saturated rings. The second kappa shape index (κ2) is 7.56. The SMILES string of the molecule is CC1(C(=O)NCC(N2CCNCC2)C(F)(F)F)CCc2ccccc2C1. The minimum Gasteiger partial charge on any atom is -0.354 e. The fourth-order valence-corrected chi connectivity index (χ4v) is 3.94. The normalized spacial score (nSPS) is 25.4. The Hall–Kier alpha value is -1.60. The molecule has 1 heterocycles. The van der Waals surface area contributed by atoms with Crippen LogP contribution in [0.25, 0.3) is 0 Å². The number of nitrogens with zero attached hydrogens (tertiary/aromatic N) is 1. The van der Waals surface area contributed by atoms with E-state index < -0.39 is 17.6 Å². The van der Waals surface area contributed by atoms with Crippen LogP contribution < -0.4 is 10.6 Å². The first-order valence-corrected chi connectivity index (χ1v) is 9.16. The van der Waals surface area contributed by atoms with E-state index >= 15 is 0 Å². The fraction of sp³-hybridized carbons (Fsp3) is 0.632. The Labute approximate surface area is 152 Å². The van der Waals surface area contributed by atoms with E-state index in [2.05, 4.69) is 16.7 Å². The van der Waals surface area contributed by atoms with Crippen molar-refractivity contribution in [2.45, 2.75) is 38.4 Å². The zero-order chi connectivity index (χ0) is 18.8. The van der Waals surface area contributed by atoms with E-state index in [1.807, 2.05) is 25.1 Å². The molecule has 0 spiro atoms. The molecule has 0 saturated carbocycles. The maximum Gasteiger partial charge on any atom is 0.405 e. The highest BCUT2D eigenvalue weighted by Crippen LogP contribution is 2.35. The van der Waals surface area contributed by atoms with E-state index in [1.54, 1.807) is 0 Å². The van der Waals surface area contributed by atoms with Gasteiger partial charge >= 0.3 is 6.18 Å². The molecule has 1 saturated heterocycles. The molecule has 1 aliphatic heterocycles. The van der Waals surface area contributed by atoms with Gasteiger partial charge in [-0.25, -0.2) is 0 Å². The number of hydrogen-bond acceptors (Lipinski definition) is 3. The minimum absolute atomic E-state index is 0.281. The van der Waals surface area contributed by atoms with Crippen LogP contribution in [0, 0.1) is 5.41 Å². The van der Waals surface area contributed by atoms with Gasteiger partial charge in [-0.15, -0.1) is 0 Å². The lowest BCUT2D eigenvalue weighted by Gasteiger charge is -2.38. The first-order valence-electron chi connectivity index (χ1n) is 9.16. The molecule has 3 rings (SSSR count). The Morgan fingerprint density at radius 3 is 2.58 bits per heavy atom. The Morgan fingerprint density at radius 2 is 1.92 bits per heavy atom. The summed E-state index contributed by atoms with van der Waals surface area (Å²) in [6.07, 6.45) is -2.36. The van der Waals surface area contributed by atoms with Gasteiger partial charge in [0.2, 0.25) is 5.91 Å². The maximum atomic E-state index is 13.5. The summed E-state index contributed by atoms with van der Waals surface area (Å²) in [5.41, 5.74) is 1.69. The molecule has 0 aromatic heterocycles. The first kappa shape index (κ1) is 19.2. The molecule has 2 aliphatic rings. The summed E-state index contributed by atoms with van der Waals surface area (Å²) in [6.45, 7) is 3.21. The van der Waals surface area contributed by atoms with Gasteiger partial charge in [0.1, 0.15) is 6.04 Å². The molecule has 4 nitrogen and oxygen atoms in total. The number of fused-ring (bicyclic) bond motifs is 1. The molecule has 0 bridgehead atoms. The van der Waals surface area contributed by atoms with Gasteiger partial charge in [0.15, 0.2) is 0 Å². The fourth-order valence-electron chi connectivity index (χ4n) is 3.94. The van der Waals surface area contributed by atoms with Crippen molar-refractivity contribution in [3.63, 3.8) is 0 Å². The van der Waals surface area contributed by atoms with Gasteiger partial charge < -0.3 is 10.6 Å². The van der Waals surface area contributed by atoms with Crippen molar-refractivity contribution < 1.29 is 18.0 Å². The number of piperazine rings is 1. The van der Waals surface area contributed by atoms with Gasteiger partial charge in [0.25, 0.3) is 0 Å². The predicted octanol–water partition coefficient (Wildman–Crippen LogP) is 2.13. The van der Waals surface area contributed by atoms with E-state index in [1.165, 1.54) is 10.5 Å². The van der Waals surface area contributed by atoms with E-state index in [0.29, 0.717) is 39.0 Å². The maximum absolute atomic E-state index is 13.5. The monoisotopic (exact) mass is 369 g/mol. The van der Waals surface area contributed by atoms with Crippen molar-refractivity contribution in [2.75, 3.05) is 32.7 Å². The minimum atomic E-state index is -4.36. The van der Waals surface area contributed by atoms with Gasteiger partial charge in [-0.05, 0) is 30.4 Å². The number of amides is 1. The molecule has 2 N–H and O–H groups in total. The number of carbonyl (C=O) groups excluding carboxylic acids is 1. The Balaban J connectivity index is 1.65. The molecule has 0 radical (unpaired) electrons. The number of benzene rings is 1. The average molecular weight is 369 g/mol. The Morgan fingerprint density at radius 1 is 1.27 bits per heavy atom. The van der Waals surface area contributed by atoms with Crippen molar-refractivity contribution in [2.24, 2.45) is 5.41 Å². The lowest BCUT2D eigenvalue weighted by molar-refractivity contribution is -0.184. The highest BCUT2D eigenvalue weighted by Gasteiger charge is 2.45. The third-order valence-electron chi connectivity index (χ3n) is 5.62. The molecular formula is C19H26F3N3O. The van der Waals surface area contributed by atoms with Gasteiger partial charge in [-0.3, -0.25) is 9.69 Å². The second-order valence-corrected chi connectivity index (χ2v) is 7.56. The van der Waals surface area contributed by atoms with Crippen LogP contribution in [0.4, 0.5) is 13.2 Å². The topological polar surface area (TPSA) is 44.4 Å². The molecule has 1 amide bonds. The lowest BCUT2D eigenvalue weighted by atomic mass is 9.72. The first-order chi connectivity index (χ1) is 12.3. The van der Waals surface area contributed by atoms with Crippen molar-refractivity contribution in [1.29, 1.82) is 0 Å². The molecule has 26 heavy (non-hydrogen) atoms. The number of carbonyl (C=O) groups is 1. The van der Waals surface area contributed by atoms with Gasteiger partial charge in [0.05, 0.1) is 5.41 Å². The number of alkyl halides is 3. The summed E-state index contributed by atoms with van der Waals surface area (Å²) in [5, 5.41) is 5.66. The largest absolute Gasteiger partial charge is 0.405 e. The van der Waals surface area contributed by atoms with Crippen molar-refractivity contribution >= 4 is 5.91 Å². The van der Waals surface area contributed by atoms with E-state index in [0.717, 1.165) is 12.0 Å². The quantitative estimate of drug-likeness (QED) is 0.855. The summed E-state index contributed by atoms with van der Waals surface area (Å²) in [7, 11) is 0. The van der Waals surface area contributed by atoms with E-state index in [9.17, 15) is 18.0 Å². The van der Waals surface area contributed by atoms with Crippen molar-refractivity contribution in [1.82, 2.24) is 15.5 Å². The van der Waals surface area contributed by atoms with Crippen molar-refractivity contribution in [3.05, 3.63) is 35.4 Å². The molecule has 1 aromatic carbocycles. The van der Waals surface area contributed by atoms with Crippen LogP contribution in [0.15, 0.2) is 24.3 Å². The number of hydrogen-bond donors (Lipinski definition) is 2. The zero-order valence-corrected chi connectivity index (χ0v) is 15.0. The molecule has 1 aromatic rings. The third kappa shape index (κ3) is 4.20. The predicted molar refractivity (Wildman–Crippen MR) is 93.9 cm³/mol. The van der Waals surface area contributed by atoms with Crippen LogP contribution in [0.3, 0.4) is 0 Å². The van der Waals surface area contributed by atoms with Crippen molar-refractivity contribution in [3.8, 4) is 0 Å². The van der Waals surface area contributed by atoms with E-state index in [-0.39, 0.29) is 12.5 Å². The zero-order valence-electron chi connectivity index (χ0n) is 15.0. The summed E-state index contributed by atoms with van der Waals surface area (Å²) < 4.78 is 40.4. The van der Waals surface area contributed by atoms with Crippen LogP contribution in [0.2, 0.25) is 0 Å². The number of rotatable bonds is 4. The highest BCUT2D eigenvalue weighted by molar-refractivity contribution is 5.83. The van der Waals surface area contributed by atoms with E-state index in [4.69, 9.17) is 0 Å². The highest BCUT2D eigenvalue weighted by atomic mass is 19.4. The van der Waals surface area contributed by atoms with Crippen LogP contribution in [-0.4, -0.2) is 55.7 Å². The molecular weight excluding hydrogens is 343 g/mol. The summed E-state index contributed by atoms with van der Waals surface area (Å²) in [4.78, 5) is 14.1. The molecule has 2 unspecified atom stereocenters. The number of halogens is 3. The summed E-state index contributed by atoms with van der Waals surface area (Å²) >= 11 is 0. The Bertz CT molecular complexity index is 643. The van der Waals surface area contributed by atoms with Gasteiger partial charge in [-0.2, -0.15) is 13.2 Å². The van der Waals surface area contributed by atoms with Crippen LogP contribution in [-0.2, 0) is 17.6 Å². The van der Waals surface area contributed by atoms with Crippen LogP contribution in [0.1, 0.15) is 24.5 Å². The second-order valence-electron chi connectivity index (χ2n) is 7.56. The summed E-state index contributed by atoms with van der Waals surface area (Å²) in [5.74, 6) is -0.281.